The zero-order chi connectivity index (χ0) is 34.0. The van der Waals surface area contributed by atoms with Gasteiger partial charge >= 0.3 is 0 Å². The summed E-state index contributed by atoms with van der Waals surface area (Å²) in [6.45, 7) is 5.86. The molecule has 4 aromatic rings. The third-order valence-corrected chi connectivity index (χ3v) is 9.97. The van der Waals surface area contributed by atoms with Crippen molar-refractivity contribution in [2.24, 2.45) is 0 Å². The summed E-state index contributed by atoms with van der Waals surface area (Å²) in [5, 5.41) is 3.19. The number of rotatable bonds is 15. The van der Waals surface area contributed by atoms with Gasteiger partial charge in [0.2, 0.25) is 11.8 Å². The number of nitrogens with one attached hydrogen (secondary N) is 1. The van der Waals surface area contributed by atoms with Crippen LogP contribution < -0.4 is 14.4 Å². The summed E-state index contributed by atoms with van der Waals surface area (Å²) in [5.74, 6) is -0.481. The van der Waals surface area contributed by atoms with E-state index < -0.39 is 28.5 Å². The highest BCUT2D eigenvalue weighted by atomic mass is 35.5. The minimum absolute atomic E-state index is 0.0195. The molecule has 2 amide bonds. The number of aryl methyl sites for hydroxylation is 2. The fraction of sp³-hybridized carbons (Fsp3) is 0.297. The lowest BCUT2D eigenvalue weighted by molar-refractivity contribution is -0.140. The van der Waals surface area contributed by atoms with Gasteiger partial charge in [-0.2, -0.15) is 0 Å². The van der Waals surface area contributed by atoms with E-state index in [1.807, 2.05) is 75.4 Å². The summed E-state index contributed by atoms with van der Waals surface area (Å²) in [6.07, 6.45) is 1.93. The van der Waals surface area contributed by atoms with Crippen LogP contribution in [0, 0.1) is 13.8 Å². The Morgan fingerprint density at radius 1 is 0.872 bits per heavy atom. The van der Waals surface area contributed by atoms with E-state index in [2.05, 4.69) is 5.32 Å². The number of carbonyl (C=O) groups excluding carboxylic acids is 2. The molecule has 4 rings (SSSR count). The number of hydrogen-bond donors (Lipinski definition) is 1. The molecule has 0 unspecified atom stereocenters. The van der Waals surface area contributed by atoms with Crippen LogP contribution in [0.5, 0.6) is 5.75 Å². The molecule has 0 aliphatic heterocycles. The molecule has 0 aromatic heterocycles. The van der Waals surface area contributed by atoms with E-state index in [9.17, 15) is 18.0 Å². The van der Waals surface area contributed by atoms with Crippen molar-refractivity contribution in [3.63, 3.8) is 0 Å². The fourth-order valence-corrected chi connectivity index (χ4v) is 6.78. The Morgan fingerprint density at radius 3 is 2.11 bits per heavy atom. The van der Waals surface area contributed by atoms with Gasteiger partial charge in [0.15, 0.2) is 0 Å². The number of carbonyl (C=O) groups is 2. The lowest BCUT2D eigenvalue weighted by Crippen LogP contribution is -2.53. The van der Waals surface area contributed by atoms with E-state index in [0.717, 1.165) is 39.4 Å². The molecule has 1 atom stereocenters. The van der Waals surface area contributed by atoms with E-state index in [1.165, 1.54) is 30.2 Å². The molecular weight excluding hydrogens is 634 g/mol. The van der Waals surface area contributed by atoms with E-state index >= 15 is 0 Å². The van der Waals surface area contributed by atoms with Crippen molar-refractivity contribution in [2.45, 2.75) is 57.5 Å². The van der Waals surface area contributed by atoms with Gasteiger partial charge in [-0.05, 0) is 61.7 Å². The first-order valence-electron chi connectivity index (χ1n) is 15.6. The predicted molar refractivity (Wildman–Crippen MR) is 187 cm³/mol. The van der Waals surface area contributed by atoms with Crippen LogP contribution in [0.15, 0.2) is 102 Å². The maximum atomic E-state index is 14.6. The van der Waals surface area contributed by atoms with Gasteiger partial charge in [-0.1, -0.05) is 103 Å². The fourth-order valence-electron chi connectivity index (χ4n) is 5.13. The van der Waals surface area contributed by atoms with Gasteiger partial charge in [-0.15, -0.1) is 0 Å². The number of amides is 2. The number of halogens is 1. The van der Waals surface area contributed by atoms with Crippen LogP contribution in [0.1, 0.15) is 42.0 Å². The van der Waals surface area contributed by atoms with Gasteiger partial charge in [-0.3, -0.25) is 13.9 Å². The van der Waals surface area contributed by atoms with Crippen molar-refractivity contribution in [2.75, 3.05) is 24.5 Å². The summed E-state index contributed by atoms with van der Waals surface area (Å²) in [4.78, 5) is 30.0. The predicted octanol–water partition coefficient (Wildman–Crippen LogP) is 6.72. The summed E-state index contributed by atoms with van der Waals surface area (Å²) in [6, 6.07) is 27.3. The Balaban J connectivity index is 1.81. The van der Waals surface area contributed by atoms with E-state index in [1.54, 1.807) is 24.3 Å². The van der Waals surface area contributed by atoms with Gasteiger partial charge in [0.1, 0.15) is 18.3 Å². The second-order valence-corrected chi connectivity index (χ2v) is 13.8. The van der Waals surface area contributed by atoms with Crippen LogP contribution >= 0.6 is 11.6 Å². The van der Waals surface area contributed by atoms with Gasteiger partial charge < -0.3 is 15.0 Å². The van der Waals surface area contributed by atoms with Crippen molar-refractivity contribution in [1.82, 2.24) is 10.2 Å². The number of hydrogen-bond acceptors (Lipinski definition) is 5. The molecule has 0 saturated heterocycles. The third-order valence-electron chi connectivity index (χ3n) is 7.89. The first kappa shape index (κ1) is 35.5. The van der Waals surface area contributed by atoms with Crippen LogP contribution in [-0.2, 0) is 32.6 Å². The lowest BCUT2D eigenvalue weighted by Gasteiger charge is -2.34. The zero-order valence-corrected chi connectivity index (χ0v) is 28.9. The first-order valence-corrected chi connectivity index (χ1v) is 17.4. The highest BCUT2D eigenvalue weighted by molar-refractivity contribution is 7.92. The molecule has 10 heteroatoms. The third kappa shape index (κ3) is 9.36. The van der Waals surface area contributed by atoms with E-state index in [0.29, 0.717) is 12.3 Å². The maximum absolute atomic E-state index is 14.6. The van der Waals surface area contributed by atoms with Gasteiger partial charge in [0, 0.05) is 19.5 Å². The molecule has 47 heavy (non-hydrogen) atoms. The Morgan fingerprint density at radius 2 is 1.51 bits per heavy atom. The average molecular weight is 676 g/mol. The number of anilines is 1. The van der Waals surface area contributed by atoms with Crippen molar-refractivity contribution < 1.29 is 22.7 Å². The van der Waals surface area contributed by atoms with Crippen LogP contribution in [-0.4, -0.2) is 51.4 Å². The standard InChI is InChI=1S/C37H42ClN3O5S/c1-5-6-22-39-37(43)34(23-29-10-8-7-9-11-29)40(25-30-16-12-27(2)13-17-30)36(42)26-41(31-18-21-35(46-4)33(38)24-31)47(44,45)32-19-14-28(3)15-20-32/h7-21,24,34H,5-6,22-23,25-26H2,1-4H3,(H,39,43)/t34-/m0/s1. The van der Waals surface area contributed by atoms with Gasteiger partial charge in [0.05, 0.1) is 22.7 Å². The SMILES string of the molecule is CCCCNC(=O)[C@H](Cc1ccccc1)N(Cc1ccc(C)cc1)C(=O)CN(c1ccc(OC)c(Cl)c1)S(=O)(=O)c1ccc(C)cc1. The summed E-state index contributed by atoms with van der Waals surface area (Å²) < 4.78 is 34.8. The van der Waals surface area contributed by atoms with E-state index in [-0.39, 0.29) is 34.5 Å². The number of unbranched alkanes of at least 4 members (excludes halogenated alkanes) is 1. The number of methoxy groups -OCH3 is 1. The van der Waals surface area contributed by atoms with Crippen molar-refractivity contribution in [1.29, 1.82) is 0 Å². The van der Waals surface area contributed by atoms with Crippen LogP contribution in [0.4, 0.5) is 5.69 Å². The molecular formula is C37H42ClN3O5S. The highest BCUT2D eigenvalue weighted by Gasteiger charge is 2.34. The largest absolute Gasteiger partial charge is 0.495 e. The number of nitrogens with zero attached hydrogens (tertiary/aromatic N) is 2. The van der Waals surface area contributed by atoms with Crippen molar-refractivity contribution in [3.05, 3.63) is 124 Å². The number of sulfonamides is 1. The Kier molecular flexibility index (Phi) is 12.4. The Hall–Kier alpha value is -4.34. The summed E-state index contributed by atoms with van der Waals surface area (Å²) in [7, 11) is -2.79. The highest BCUT2D eigenvalue weighted by Crippen LogP contribution is 2.32. The van der Waals surface area contributed by atoms with Crippen molar-refractivity contribution in [3.8, 4) is 5.75 Å². The second kappa shape index (κ2) is 16.5. The number of ether oxygens (including phenoxy) is 1. The van der Waals surface area contributed by atoms with Crippen LogP contribution in [0.25, 0.3) is 0 Å². The van der Waals surface area contributed by atoms with Gasteiger partial charge in [0.25, 0.3) is 10.0 Å². The molecule has 0 heterocycles. The molecule has 0 saturated carbocycles. The summed E-state index contributed by atoms with van der Waals surface area (Å²) >= 11 is 6.46. The Bertz CT molecular complexity index is 1750. The molecule has 0 aliphatic carbocycles. The minimum atomic E-state index is -4.25. The molecule has 1 N–H and O–H groups in total. The zero-order valence-electron chi connectivity index (χ0n) is 27.3. The first-order chi connectivity index (χ1) is 22.5. The molecule has 0 bridgehead atoms. The molecule has 248 valence electrons. The number of benzene rings is 4. The topological polar surface area (TPSA) is 96.0 Å². The molecule has 0 radical (unpaired) electrons. The quantitative estimate of drug-likeness (QED) is 0.141. The molecule has 4 aromatic carbocycles. The second-order valence-electron chi connectivity index (χ2n) is 11.5. The lowest BCUT2D eigenvalue weighted by atomic mass is 10.0. The molecule has 0 aliphatic rings. The smallest absolute Gasteiger partial charge is 0.264 e. The minimum Gasteiger partial charge on any atom is -0.495 e. The molecule has 8 nitrogen and oxygen atoms in total. The molecule has 0 spiro atoms. The monoisotopic (exact) mass is 675 g/mol. The van der Waals surface area contributed by atoms with E-state index in [4.69, 9.17) is 16.3 Å². The summed E-state index contributed by atoms with van der Waals surface area (Å²) in [5.41, 5.74) is 3.81. The van der Waals surface area contributed by atoms with Crippen LogP contribution in [0.2, 0.25) is 5.02 Å². The normalized spacial score (nSPS) is 11.9. The van der Waals surface area contributed by atoms with Gasteiger partial charge in [-0.25, -0.2) is 8.42 Å². The Labute approximate surface area is 283 Å². The molecule has 0 fully saturated rings. The van der Waals surface area contributed by atoms with Crippen LogP contribution in [0.3, 0.4) is 0 Å². The maximum Gasteiger partial charge on any atom is 0.264 e. The average Bonchev–Trinajstić information content (AvgIpc) is 3.06. The van der Waals surface area contributed by atoms with Crippen molar-refractivity contribution >= 4 is 39.1 Å².